The van der Waals surface area contributed by atoms with E-state index < -0.39 is 0 Å². The molecular weight excluding hydrogens is 398 g/mol. The highest BCUT2D eigenvalue weighted by Crippen LogP contribution is 2.35. The molecule has 0 radical (unpaired) electrons. The summed E-state index contributed by atoms with van der Waals surface area (Å²) < 4.78 is 7.69. The third kappa shape index (κ3) is 3.57. The normalized spacial score (nSPS) is 11.2. The second kappa shape index (κ2) is 7.61. The first kappa shape index (κ1) is 18.0. The van der Waals surface area contributed by atoms with Crippen LogP contribution in [0.5, 0.6) is 11.5 Å². The van der Waals surface area contributed by atoms with Gasteiger partial charge < -0.3 is 14.4 Å². The van der Waals surface area contributed by atoms with E-state index in [1.165, 1.54) is 6.21 Å². The van der Waals surface area contributed by atoms with Gasteiger partial charge >= 0.3 is 0 Å². The molecule has 0 bridgehead atoms. The summed E-state index contributed by atoms with van der Waals surface area (Å²) in [7, 11) is 1.84. The second-order valence-electron chi connectivity index (χ2n) is 5.63. The molecule has 0 saturated heterocycles. The van der Waals surface area contributed by atoms with Crippen LogP contribution in [-0.4, -0.2) is 28.4 Å². The Balaban J connectivity index is 1.77. The summed E-state index contributed by atoms with van der Waals surface area (Å²) in [5, 5.41) is 14.9. The largest absolute Gasteiger partial charge is 0.503 e. The van der Waals surface area contributed by atoms with E-state index in [0.29, 0.717) is 28.1 Å². The number of rotatable bonds is 5. The highest BCUT2D eigenvalue weighted by atomic mass is 79.9. The number of nitrogens with zero attached hydrogens (tertiary/aromatic N) is 2. The summed E-state index contributed by atoms with van der Waals surface area (Å²) >= 11 is 3.27. The molecule has 0 aliphatic heterocycles. The summed E-state index contributed by atoms with van der Waals surface area (Å²) in [5.41, 5.74) is 4.70. The van der Waals surface area contributed by atoms with Crippen molar-refractivity contribution in [1.29, 1.82) is 0 Å². The zero-order valence-electron chi connectivity index (χ0n) is 14.4. The molecule has 3 rings (SSSR count). The lowest BCUT2D eigenvalue weighted by Crippen LogP contribution is -2.20. The minimum atomic E-state index is -0.303. The van der Waals surface area contributed by atoms with Crippen LogP contribution in [-0.2, 0) is 7.05 Å². The predicted octanol–water partition coefficient (Wildman–Crippen LogP) is 3.81. The summed E-state index contributed by atoms with van der Waals surface area (Å²) in [6.45, 7) is 2.26. The van der Waals surface area contributed by atoms with Gasteiger partial charge in [0.15, 0.2) is 11.5 Å². The molecular formula is C19H18BrN3O3. The fourth-order valence-electron chi connectivity index (χ4n) is 2.66. The average Bonchev–Trinajstić information content (AvgIpc) is 2.96. The van der Waals surface area contributed by atoms with Crippen molar-refractivity contribution in [2.45, 2.75) is 6.92 Å². The lowest BCUT2D eigenvalue weighted by Gasteiger charge is -2.08. The van der Waals surface area contributed by atoms with Gasteiger partial charge in [0.25, 0.3) is 5.91 Å². The van der Waals surface area contributed by atoms with Crippen LogP contribution in [0.4, 0.5) is 0 Å². The molecule has 1 heterocycles. The van der Waals surface area contributed by atoms with Crippen molar-refractivity contribution in [3.63, 3.8) is 0 Å². The molecule has 0 atom stereocenters. The van der Waals surface area contributed by atoms with Gasteiger partial charge in [-0.2, -0.15) is 5.10 Å². The molecule has 2 N–H and O–H groups in total. The molecule has 26 heavy (non-hydrogen) atoms. The number of carbonyl (C=O) groups excluding carboxylic acids is 1. The van der Waals surface area contributed by atoms with Gasteiger partial charge in [0.1, 0.15) is 5.69 Å². The van der Waals surface area contributed by atoms with E-state index in [1.807, 2.05) is 48.9 Å². The van der Waals surface area contributed by atoms with Crippen LogP contribution in [0.25, 0.3) is 10.9 Å². The highest BCUT2D eigenvalue weighted by Gasteiger charge is 2.12. The van der Waals surface area contributed by atoms with Gasteiger partial charge in [0, 0.05) is 18.0 Å². The van der Waals surface area contributed by atoms with Crippen LogP contribution in [0.15, 0.2) is 52.0 Å². The number of para-hydroxylation sites is 1. The summed E-state index contributed by atoms with van der Waals surface area (Å²) in [6, 6.07) is 12.9. The quantitative estimate of drug-likeness (QED) is 0.491. The number of hydrazone groups is 1. The number of hydrogen-bond donors (Lipinski definition) is 2. The number of ether oxygens (including phenoxy) is 1. The van der Waals surface area contributed by atoms with E-state index in [0.717, 1.165) is 10.9 Å². The predicted molar refractivity (Wildman–Crippen MR) is 105 cm³/mol. The standard InChI is InChI=1S/C19H18BrN3O3/c1-3-26-17-9-12(8-14(20)18(17)24)11-21-22-19(25)16-10-13-6-4-5-7-15(13)23(16)2/h4-11,24H,3H2,1-2H3,(H,22,25)/b21-11+. The van der Waals surface area contributed by atoms with E-state index in [-0.39, 0.29) is 11.7 Å². The molecule has 0 unspecified atom stereocenters. The first-order valence-corrected chi connectivity index (χ1v) is 8.83. The zero-order chi connectivity index (χ0) is 18.7. The molecule has 1 amide bonds. The van der Waals surface area contributed by atoms with E-state index in [4.69, 9.17) is 4.74 Å². The smallest absolute Gasteiger partial charge is 0.287 e. The van der Waals surface area contributed by atoms with Crippen LogP contribution in [0.2, 0.25) is 0 Å². The van der Waals surface area contributed by atoms with Crippen LogP contribution in [0.3, 0.4) is 0 Å². The Bertz CT molecular complexity index is 995. The molecule has 134 valence electrons. The first-order chi connectivity index (χ1) is 12.5. The molecule has 6 nitrogen and oxygen atoms in total. The van der Waals surface area contributed by atoms with Gasteiger partial charge in [-0.05, 0) is 52.7 Å². The molecule has 3 aromatic rings. The monoisotopic (exact) mass is 415 g/mol. The van der Waals surface area contributed by atoms with Gasteiger partial charge in [-0.25, -0.2) is 5.43 Å². The summed E-state index contributed by atoms with van der Waals surface area (Å²) in [5.74, 6) is 0.0784. The van der Waals surface area contributed by atoms with Crippen molar-refractivity contribution in [2.75, 3.05) is 6.61 Å². The number of halogens is 1. The number of hydrogen-bond acceptors (Lipinski definition) is 4. The van der Waals surface area contributed by atoms with Crippen LogP contribution in [0, 0.1) is 0 Å². The lowest BCUT2D eigenvalue weighted by molar-refractivity contribution is 0.0947. The maximum absolute atomic E-state index is 12.4. The van der Waals surface area contributed by atoms with Gasteiger partial charge in [0.2, 0.25) is 0 Å². The molecule has 2 aromatic carbocycles. The zero-order valence-corrected chi connectivity index (χ0v) is 15.9. The molecule has 0 fully saturated rings. The number of aromatic nitrogens is 1. The Labute approximate surface area is 159 Å². The number of benzene rings is 2. The Morgan fingerprint density at radius 3 is 2.85 bits per heavy atom. The second-order valence-corrected chi connectivity index (χ2v) is 6.48. The third-order valence-electron chi connectivity index (χ3n) is 3.91. The maximum atomic E-state index is 12.4. The molecule has 0 aliphatic carbocycles. The Kier molecular flexibility index (Phi) is 5.27. The Hall–Kier alpha value is -2.80. The average molecular weight is 416 g/mol. The SMILES string of the molecule is CCOc1cc(/C=N/NC(=O)c2cc3ccccc3n2C)cc(Br)c1O. The first-order valence-electron chi connectivity index (χ1n) is 8.04. The lowest BCUT2D eigenvalue weighted by atomic mass is 10.2. The Morgan fingerprint density at radius 2 is 2.12 bits per heavy atom. The van der Waals surface area contributed by atoms with Crippen molar-refractivity contribution in [2.24, 2.45) is 12.1 Å². The van der Waals surface area contributed by atoms with Crippen molar-refractivity contribution in [3.05, 3.63) is 58.2 Å². The number of phenolic OH excluding ortho intramolecular Hbond substituents is 1. The van der Waals surface area contributed by atoms with Crippen LogP contribution in [0.1, 0.15) is 23.0 Å². The summed E-state index contributed by atoms with van der Waals surface area (Å²) in [6.07, 6.45) is 1.49. The number of carbonyl (C=O) groups is 1. The number of fused-ring (bicyclic) bond motifs is 1. The van der Waals surface area contributed by atoms with Crippen molar-refractivity contribution in [3.8, 4) is 11.5 Å². The van der Waals surface area contributed by atoms with Gasteiger partial charge in [-0.15, -0.1) is 0 Å². The summed E-state index contributed by atoms with van der Waals surface area (Å²) in [4.78, 5) is 12.4. The van der Waals surface area contributed by atoms with Gasteiger partial charge in [-0.1, -0.05) is 18.2 Å². The number of nitrogens with one attached hydrogen (secondary N) is 1. The van der Waals surface area contributed by atoms with Crippen LogP contribution < -0.4 is 10.2 Å². The number of phenols is 1. The molecule has 7 heteroatoms. The third-order valence-corrected chi connectivity index (χ3v) is 4.52. The molecule has 1 aromatic heterocycles. The number of aryl methyl sites for hydroxylation is 1. The molecule has 0 saturated carbocycles. The number of aromatic hydroxyl groups is 1. The molecule has 0 aliphatic rings. The number of amides is 1. The highest BCUT2D eigenvalue weighted by molar-refractivity contribution is 9.10. The van der Waals surface area contributed by atoms with E-state index in [1.54, 1.807) is 12.1 Å². The topological polar surface area (TPSA) is 75.8 Å². The fourth-order valence-corrected chi connectivity index (χ4v) is 3.12. The fraction of sp³-hybridized carbons (Fsp3) is 0.158. The maximum Gasteiger partial charge on any atom is 0.287 e. The van der Waals surface area contributed by atoms with Crippen molar-refractivity contribution in [1.82, 2.24) is 9.99 Å². The van der Waals surface area contributed by atoms with Crippen molar-refractivity contribution >= 4 is 39.0 Å². The Morgan fingerprint density at radius 1 is 1.35 bits per heavy atom. The molecule has 0 spiro atoms. The van der Waals surface area contributed by atoms with Crippen LogP contribution >= 0.6 is 15.9 Å². The van der Waals surface area contributed by atoms with Gasteiger partial charge in [0.05, 0.1) is 17.3 Å². The van der Waals surface area contributed by atoms with Gasteiger partial charge in [-0.3, -0.25) is 4.79 Å². The minimum absolute atomic E-state index is 0.0311. The van der Waals surface area contributed by atoms with E-state index in [9.17, 15) is 9.90 Å². The minimum Gasteiger partial charge on any atom is -0.503 e. The van der Waals surface area contributed by atoms with E-state index >= 15 is 0 Å². The van der Waals surface area contributed by atoms with Crippen molar-refractivity contribution < 1.29 is 14.6 Å². The van der Waals surface area contributed by atoms with E-state index in [2.05, 4.69) is 26.5 Å².